The van der Waals surface area contributed by atoms with E-state index in [0.29, 0.717) is 22.1 Å². The van der Waals surface area contributed by atoms with E-state index in [2.05, 4.69) is 0 Å². The molecule has 5 heteroatoms. The van der Waals surface area contributed by atoms with E-state index < -0.39 is 0 Å². The van der Waals surface area contributed by atoms with Crippen LogP contribution >= 0.6 is 11.6 Å². The Bertz CT molecular complexity index is 475. The molecule has 0 amide bonds. The van der Waals surface area contributed by atoms with Crippen LogP contribution in [0.25, 0.3) is 0 Å². The van der Waals surface area contributed by atoms with E-state index in [-0.39, 0.29) is 12.2 Å². The lowest BCUT2D eigenvalue weighted by Gasteiger charge is -2.29. The summed E-state index contributed by atoms with van der Waals surface area (Å²) < 4.78 is 16.6. The Morgan fingerprint density at radius 1 is 1.25 bits per heavy atom. The molecular weight excluding hydrogens is 280 g/mol. The Kier molecular flexibility index (Phi) is 5.26. The third-order valence-electron chi connectivity index (χ3n) is 3.59. The molecule has 0 bridgehead atoms. The first-order valence-electron chi connectivity index (χ1n) is 6.70. The zero-order chi connectivity index (χ0) is 14.5. The number of hydrogen-bond donors (Lipinski definition) is 0. The molecule has 0 aliphatic heterocycles. The summed E-state index contributed by atoms with van der Waals surface area (Å²) in [6.45, 7) is 0. The standard InChI is InChI=1S/C15H19ClO4/c1-18-12-4-3-5-13(8-12)20-15-10(9-17)6-11(16)7-14(15)19-2/h6-7,9,12-13H,3-5,8H2,1-2H3. The van der Waals surface area contributed by atoms with E-state index >= 15 is 0 Å². The van der Waals surface area contributed by atoms with E-state index in [9.17, 15) is 4.79 Å². The van der Waals surface area contributed by atoms with E-state index in [0.717, 1.165) is 32.0 Å². The molecule has 2 unspecified atom stereocenters. The SMILES string of the molecule is COc1cc(Cl)cc(C=O)c1OC1CCCC(OC)C1. The second kappa shape index (κ2) is 6.95. The second-order valence-electron chi connectivity index (χ2n) is 4.91. The Morgan fingerprint density at radius 3 is 2.65 bits per heavy atom. The summed E-state index contributed by atoms with van der Waals surface area (Å²) in [6.07, 6.45) is 4.85. The average molecular weight is 299 g/mol. The second-order valence-corrected chi connectivity index (χ2v) is 5.34. The first-order valence-corrected chi connectivity index (χ1v) is 7.08. The van der Waals surface area contributed by atoms with Crippen molar-refractivity contribution in [2.24, 2.45) is 0 Å². The molecule has 1 aromatic rings. The molecule has 0 heterocycles. The molecule has 20 heavy (non-hydrogen) atoms. The summed E-state index contributed by atoms with van der Waals surface area (Å²) in [7, 11) is 3.25. The van der Waals surface area contributed by atoms with Crippen molar-refractivity contribution >= 4 is 17.9 Å². The van der Waals surface area contributed by atoms with Crippen LogP contribution in [0.1, 0.15) is 36.0 Å². The van der Waals surface area contributed by atoms with Crippen molar-refractivity contribution in [3.05, 3.63) is 22.7 Å². The largest absolute Gasteiger partial charge is 0.493 e. The lowest BCUT2D eigenvalue weighted by atomic mass is 9.95. The van der Waals surface area contributed by atoms with E-state index in [4.69, 9.17) is 25.8 Å². The van der Waals surface area contributed by atoms with Gasteiger partial charge in [-0.2, -0.15) is 0 Å². The number of aldehydes is 1. The van der Waals surface area contributed by atoms with Gasteiger partial charge in [-0.05, 0) is 25.3 Å². The van der Waals surface area contributed by atoms with Crippen molar-refractivity contribution in [3.8, 4) is 11.5 Å². The molecule has 4 nitrogen and oxygen atoms in total. The van der Waals surface area contributed by atoms with Crippen LogP contribution in [0.2, 0.25) is 5.02 Å². The monoisotopic (exact) mass is 298 g/mol. The van der Waals surface area contributed by atoms with Gasteiger partial charge in [0.25, 0.3) is 0 Å². The highest BCUT2D eigenvalue weighted by molar-refractivity contribution is 6.31. The molecule has 2 rings (SSSR count). The summed E-state index contributed by atoms with van der Waals surface area (Å²) in [4.78, 5) is 11.2. The molecule has 0 radical (unpaired) electrons. The number of hydrogen-bond acceptors (Lipinski definition) is 4. The zero-order valence-corrected chi connectivity index (χ0v) is 12.5. The maximum absolute atomic E-state index is 11.2. The Hall–Kier alpha value is -1.26. The maximum Gasteiger partial charge on any atom is 0.172 e. The van der Waals surface area contributed by atoms with Crippen molar-refractivity contribution in [3.63, 3.8) is 0 Å². The summed E-state index contributed by atoms with van der Waals surface area (Å²) >= 11 is 5.95. The van der Waals surface area contributed by atoms with Gasteiger partial charge in [-0.15, -0.1) is 0 Å². The van der Waals surface area contributed by atoms with E-state index in [1.807, 2.05) is 0 Å². The molecule has 110 valence electrons. The highest BCUT2D eigenvalue weighted by atomic mass is 35.5. The predicted octanol–water partition coefficient (Wildman–Crippen LogP) is 3.50. The van der Waals surface area contributed by atoms with Crippen LogP contribution in [0.15, 0.2) is 12.1 Å². The summed E-state index contributed by atoms with van der Waals surface area (Å²) in [5.74, 6) is 0.952. The molecule has 1 saturated carbocycles. The first kappa shape index (κ1) is 15.1. The van der Waals surface area contributed by atoms with Gasteiger partial charge in [-0.25, -0.2) is 0 Å². The van der Waals surface area contributed by atoms with E-state index in [1.54, 1.807) is 19.2 Å². The number of halogens is 1. The maximum atomic E-state index is 11.2. The first-order chi connectivity index (χ1) is 9.67. The lowest BCUT2D eigenvalue weighted by molar-refractivity contribution is 0.0200. The minimum atomic E-state index is 0.0301. The summed E-state index contributed by atoms with van der Waals surface area (Å²) in [5, 5.41) is 0.453. The number of benzene rings is 1. The fraction of sp³-hybridized carbons (Fsp3) is 0.533. The molecule has 0 N–H and O–H groups in total. The summed E-state index contributed by atoms with van der Waals surface area (Å²) in [6, 6.07) is 3.24. The molecule has 1 aliphatic carbocycles. The molecule has 0 aromatic heterocycles. The van der Waals surface area contributed by atoms with Crippen LogP contribution in [-0.4, -0.2) is 32.7 Å². The molecule has 1 aliphatic rings. The molecule has 0 saturated heterocycles. The fourth-order valence-electron chi connectivity index (χ4n) is 2.54. The number of carbonyl (C=O) groups is 1. The van der Waals surface area contributed by atoms with Gasteiger partial charge in [0.05, 0.1) is 18.8 Å². The van der Waals surface area contributed by atoms with Crippen molar-refractivity contribution in [1.29, 1.82) is 0 Å². The van der Waals surface area contributed by atoms with Crippen LogP contribution in [-0.2, 0) is 4.74 Å². The number of carbonyl (C=O) groups excluding carboxylic acids is 1. The fourth-order valence-corrected chi connectivity index (χ4v) is 2.76. The number of rotatable bonds is 5. The van der Waals surface area contributed by atoms with Gasteiger partial charge >= 0.3 is 0 Å². The molecule has 1 fully saturated rings. The van der Waals surface area contributed by atoms with Gasteiger partial charge in [0.15, 0.2) is 17.8 Å². The average Bonchev–Trinajstić information content (AvgIpc) is 2.48. The van der Waals surface area contributed by atoms with Crippen molar-refractivity contribution in [2.75, 3.05) is 14.2 Å². The van der Waals surface area contributed by atoms with Gasteiger partial charge in [-0.3, -0.25) is 4.79 Å². The van der Waals surface area contributed by atoms with Crippen molar-refractivity contribution in [1.82, 2.24) is 0 Å². The predicted molar refractivity (Wildman–Crippen MR) is 77.1 cm³/mol. The molecule has 1 aromatic carbocycles. The Balaban J connectivity index is 2.21. The third-order valence-corrected chi connectivity index (χ3v) is 3.81. The van der Waals surface area contributed by atoms with Crippen LogP contribution < -0.4 is 9.47 Å². The lowest BCUT2D eigenvalue weighted by Crippen LogP contribution is -2.29. The molecular formula is C15H19ClO4. The Morgan fingerprint density at radius 2 is 2.00 bits per heavy atom. The third kappa shape index (κ3) is 3.44. The van der Waals surface area contributed by atoms with Crippen LogP contribution in [0, 0.1) is 0 Å². The van der Waals surface area contributed by atoms with Crippen LogP contribution in [0.5, 0.6) is 11.5 Å². The van der Waals surface area contributed by atoms with Gasteiger partial charge < -0.3 is 14.2 Å². The highest BCUT2D eigenvalue weighted by Gasteiger charge is 2.25. The van der Waals surface area contributed by atoms with Crippen molar-refractivity contribution in [2.45, 2.75) is 37.9 Å². The van der Waals surface area contributed by atoms with Crippen molar-refractivity contribution < 1.29 is 19.0 Å². The normalized spacial score (nSPS) is 22.4. The van der Waals surface area contributed by atoms with Gasteiger partial charge in [0.1, 0.15) is 6.10 Å². The molecule has 0 spiro atoms. The summed E-state index contributed by atoms with van der Waals surface area (Å²) in [5.41, 5.74) is 0.411. The smallest absolute Gasteiger partial charge is 0.172 e. The highest BCUT2D eigenvalue weighted by Crippen LogP contribution is 2.36. The van der Waals surface area contributed by atoms with E-state index in [1.165, 1.54) is 7.11 Å². The van der Waals surface area contributed by atoms with Gasteiger partial charge in [-0.1, -0.05) is 11.6 Å². The van der Waals surface area contributed by atoms with Gasteiger partial charge in [0, 0.05) is 24.6 Å². The minimum absolute atomic E-state index is 0.0301. The zero-order valence-electron chi connectivity index (χ0n) is 11.7. The Labute approximate surface area is 124 Å². The minimum Gasteiger partial charge on any atom is -0.493 e. The van der Waals surface area contributed by atoms with Crippen LogP contribution in [0.3, 0.4) is 0 Å². The van der Waals surface area contributed by atoms with Crippen LogP contribution in [0.4, 0.5) is 0 Å². The molecule has 2 atom stereocenters. The van der Waals surface area contributed by atoms with Gasteiger partial charge in [0.2, 0.25) is 0 Å². The number of methoxy groups -OCH3 is 2. The topological polar surface area (TPSA) is 44.8 Å². The number of ether oxygens (including phenoxy) is 3. The quantitative estimate of drug-likeness (QED) is 0.781.